The van der Waals surface area contributed by atoms with Crippen LogP contribution in [0.2, 0.25) is 0 Å². The summed E-state index contributed by atoms with van der Waals surface area (Å²) in [6.07, 6.45) is 2.37. The summed E-state index contributed by atoms with van der Waals surface area (Å²) in [6, 6.07) is 7.11. The lowest BCUT2D eigenvalue weighted by Gasteiger charge is -2.34. The van der Waals surface area contributed by atoms with Crippen molar-refractivity contribution in [2.24, 2.45) is 5.73 Å². The van der Waals surface area contributed by atoms with Crippen LogP contribution in [0.3, 0.4) is 0 Å². The monoisotopic (exact) mass is 339 g/mol. The molecule has 1 aromatic rings. The highest BCUT2D eigenvalue weighted by Gasteiger charge is 2.24. The maximum Gasteiger partial charge on any atom is 0.0428 e. The number of hydrogen-bond donors (Lipinski definition) is 1. The summed E-state index contributed by atoms with van der Waals surface area (Å²) in [5, 5.41) is 0. The molecule has 112 valence electrons. The van der Waals surface area contributed by atoms with Crippen molar-refractivity contribution in [2.45, 2.75) is 38.8 Å². The van der Waals surface area contributed by atoms with E-state index in [1.54, 1.807) is 0 Å². The number of hydrogen-bond acceptors (Lipinski definition) is 3. The van der Waals surface area contributed by atoms with Crippen molar-refractivity contribution in [2.75, 3.05) is 31.6 Å². The Kier molecular flexibility index (Phi) is 5.47. The highest BCUT2D eigenvalue weighted by atomic mass is 79.9. The van der Waals surface area contributed by atoms with E-state index in [-0.39, 0.29) is 6.04 Å². The van der Waals surface area contributed by atoms with E-state index in [2.05, 4.69) is 64.8 Å². The summed E-state index contributed by atoms with van der Waals surface area (Å²) in [5.74, 6) is 0. The molecular weight excluding hydrogens is 314 g/mol. The summed E-state index contributed by atoms with van der Waals surface area (Å²) in [5.41, 5.74) is 8.72. The molecule has 3 nitrogen and oxygen atoms in total. The van der Waals surface area contributed by atoms with Gasteiger partial charge in [0.2, 0.25) is 0 Å². The van der Waals surface area contributed by atoms with Crippen LogP contribution in [0.5, 0.6) is 0 Å². The Bertz CT molecular complexity index is 447. The molecule has 1 aliphatic heterocycles. The molecule has 0 aliphatic carbocycles. The first-order chi connectivity index (χ1) is 9.52. The van der Waals surface area contributed by atoms with E-state index < -0.39 is 0 Å². The maximum absolute atomic E-state index is 6.17. The zero-order chi connectivity index (χ0) is 14.7. The summed E-state index contributed by atoms with van der Waals surface area (Å²) < 4.78 is 1.13. The molecule has 0 aromatic heterocycles. The lowest BCUT2D eigenvalue weighted by molar-refractivity contribution is 0.328. The molecule has 1 fully saturated rings. The van der Waals surface area contributed by atoms with E-state index >= 15 is 0 Å². The van der Waals surface area contributed by atoms with Crippen molar-refractivity contribution >= 4 is 21.6 Å². The second-order valence-electron chi connectivity index (χ2n) is 5.86. The summed E-state index contributed by atoms with van der Waals surface area (Å²) >= 11 is 3.61. The first-order valence-electron chi connectivity index (χ1n) is 7.53. The van der Waals surface area contributed by atoms with Gasteiger partial charge in [0, 0.05) is 35.3 Å². The predicted octanol–water partition coefficient (Wildman–Crippen LogP) is 3.39. The van der Waals surface area contributed by atoms with E-state index in [9.17, 15) is 0 Å². The van der Waals surface area contributed by atoms with Gasteiger partial charge in [0.25, 0.3) is 0 Å². The van der Waals surface area contributed by atoms with Crippen LogP contribution in [-0.4, -0.2) is 37.6 Å². The molecule has 2 N–H and O–H groups in total. The van der Waals surface area contributed by atoms with Crippen LogP contribution in [0.25, 0.3) is 0 Å². The smallest absolute Gasteiger partial charge is 0.0428 e. The largest absolute Gasteiger partial charge is 0.367 e. The number of rotatable bonds is 3. The molecule has 1 aliphatic rings. The third-order valence-corrected chi connectivity index (χ3v) is 4.66. The Hall–Kier alpha value is -0.580. The first kappa shape index (κ1) is 15.8. The molecule has 2 atom stereocenters. The minimum Gasteiger partial charge on any atom is -0.367 e. The summed E-state index contributed by atoms with van der Waals surface area (Å²) in [7, 11) is 2.22. The topological polar surface area (TPSA) is 32.5 Å². The lowest BCUT2D eigenvalue weighted by atomic mass is 10.0. The molecule has 0 radical (unpaired) electrons. The van der Waals surface area contributed by atoms with Crippen LogP contribution < -0.4 is 10.6 Å². The van der Waals surface area contributed by atoms with Crippen LogP contribution in [0.1, 0.15) is 38.3 Å². The fourth-order valence-corrected chi connectivity index (χ4v) is 3.41. The summed E-state index contributed by atoms with van der Waals surface area (Å²) in [4.78, 5) is 5.00. The van der Waals surface area contributed by atoms with E-state index in [1.165, 1.54) is 24.2 Å². The van der Waals surface area contributed by atoms with Crippen molar-refractivity contribution in [3.05, 3.63) is 28.2 Å². The van der Waals surface area contributed by atoms with Gasteiger partial charge in [-0.15, -0.1) is 0 Å². The molecule has 1 aromatic carbocycles. The van der Waals surface area contributed by atoms with Crippen LogP contribution >= 0.6 is 15.9 Å². The van der Waals surface area contributed by atoms with Crippen molar-refractivity contribution in [1.29, 1.82) is 0 Å². The van der Waals surface area contributed by atoms with Crippen molar-refractivity contribution in [1.82, 2.24) is 4.90 Å². The Labute approximate surface area is 131 Å². The van der Waals surface area contributed by atoms with Gasteiger partial charge in [0.05, 0.1) is 0 Å². The van der Waals surface area contributed by atoms with E-state index in [0.717, 1.165) is 24.0 Å². The van der Waals surface area contributed by atoms with Gasteiger partial charge < -0.3 is 15.5 Å². The molecule has 0 spiro atoms. The Balaban J connectivity index is 2.39. The normalized spacial score (nSPS) is 22.6. The van der Waals surface area contributed by atoms with Gasteiger partial charge in [-0.25, -0.2) is 0 Å². The van der Waals surface area contributed by atoms with Gasteiger partial charge in [0.1, 0.15) is 0 Å². The van der Waals surface area contributed by atoms with Crippen LogP contribution in [-0.2, 0) is 0 Å². The summed E-state index contributed by atoms with van der Waals surface area (Å²) in [6.45, 7) is 7.76. The number of nitrogens with two attached hydrogens (primary N) is 1. The average molecular weight is 340 g/mol. The van der Waals surface area contributed by atoms with Gasteiger partial charge in [0.15, 0.2) is 0 Å². The number of anilines is 1. The molecule has 4 heteroatoms. The van der Waals surface area contributed by atoms with Gasteiger partial charge in [-0.1, -0.05) is 28.9 Å². The third-order valence-electron chi connectivity index (χ3n) is 4.17. The molecule has 0 bridgehead atoms. The van der Waals surface area contributed by atoms with E-state index in [0.29, 0.717) is 6.04 Å². The second-order valence-corrected chi connectivity index (χ2v) is 6.78. The van der Waals surface area contributed by atoms with Gasteiger partial charge in [-0.3, -0.25) is 0 Å². The Morgan fingerprint density at radius 1 is 1.40 bits per heavy atom. The minimum atomic E-state index is 0.0663. The third kappa shape index (κ3) is 3.54. The molecule has 0 amide bonds. The Morgan fingerprint density at radius 2 is 2.15 bits per heavy atom. The molecule has 2 rings (SSSR count). The highest BCUT2D eigenvalue weighted by molar-refractivity contribution is 9.10. The molecular formula is C16H26BrN3. The number of likely N-dealkylation sites (N-methyl/N-ethyl adjacent to an activating group) is 1. The number of benzene rings is 1. The fourth-order valence-electron chi connectivity index (χ4n) is 3.06. The Morgan fingerprint density at radius 3 is 2.80 bits per heavy atom. The second kappa shape index (κ2) is 6.92. The van der Waals surface area contributed by atoms with Gasteiger partial charge >= 0.3 is 0 Å². The minimum absolute atomic E-state index is 0.0663. The molecule has 20 heavy (non-hydrogen) atoms. The predicted molar refractivity (Wildman–Crippen MR) is 90.3 cm³/mol. The molecule has 1 saturated heterocycles. The molecule has 2 unspecified atom stereocenters. The molecule has 0 saturated carbocycles. The standard InChI is InChI=1S/C16H26BrN3/c1-4-14-11-19(3)8-5-9-20(14)16-10-13(17)6-7-15(16)12(2)18/h6-7,10,12,14H,4-5,8-9,11,18H2,1-3H3. The lowest BCUT2D eigenvalue weighted by Crippen LogP contribution is -2.40. The van der Waals surface area contributed by atoms with E-state index in [4.69, 9.17) is 5.73 Å². The van der Waals surface area contributed by atoms with Crippen LogP contribution in [0, 0.1) is 0 Å². The number of halogens is 1. The zero-order valence-corrected chi connectivity index (χ0v) is 14.4. The average Bonchev–Trinajstić information content (AvgIpc) is 2.59. The van der Waals surface area contributed by atoms with Crippen molar-refractivity contribution < 1.29 is 0 Å². The van der Waals surface area contributed by atoms with Crippen molar-refractivity contribution in [3.8, 4) is 0 Å². The van der Waals surface area contributed by atoms with Crippen molar-refractivity contribution in [3.63, 3.8) is 0 Å². The van der Waals surface area contributed by atoms with E-state index in [1.807, 2.05) is 0 Å². The molecule has 1 heterocycles. The number of nitrogens with zero attached hydrogens (tertiary/aromatic N) is 2. The SMILES string of the molecule is CCC1CN(C)CCCN1c1cc(Br)ccc1C(C)N. The highest BCUT2D eigenvalue weighted by Crippen LogP contribution is 2.31. The van der Waals surface area contributed by atoms with Gasteiger partial charge in [-0.05, 0) is 51.1 Å². The zero-order valence-electron chi connectivity index (χ0n) is 12.8. The van der Waals surface area contributed by atoms with Crippen LogP contribution in [0.15, 0.2) is 22.7 Å². The van der Waals surface area contributed by atoms with Gasteiger partial charge in [-0.2, -0.15) is 0 Å². The van der Waals surface area contributed by atoms with Crippen LogP contribution in [0.4, 0.5) is 5.69 Å². The first-order valence-corrected chi connectivity index (χ1v) is 8.32. The fraction of sp³-hybridized carbons (Fsp3) is 0.625. The maximum atomic E-state index is 6.17. The quantitative estimate of drug-likeness (QED) is 0.916.